The molecule has 29 heavy (non-hydrogen) atoms. The van der Waals surface area contributed by atoms with Crippen LogP contribution in [-0.4, -0.2) is 46.3 Å². The second kappa shape index (κ2) is 9.34. The molecule has 0 unspecified atom stereocenters. The molecule has 10 heteroatoms. The summed E-state index contributed by atoms with van der Waals surface area (Å²) in [6.07, 6.45) is 1.93. The van der Waals surface area contributed by atoms with Crippen LogP contribution in [0.15, 0.2) is 29.0 Å². The van der Waals surface area contributed by atoms with Gasteiger partial charge in [0.05, 0.1) is 16.3 Å². The first kappa shape index (κ1) is 21.2. The lowest BCUT2D eigenvalue weighted by molar-refractivity contribution is 0.0507. The van der Waals surface area contributed by atoms with Crippen LogP contribution in [0.2, 0.25) is 0 Å². The van der Waals surface area contributed by atoms with E-state index in [-0.39, 0.29) is 34.3 Å². The second-order valence-corrected chi connectivity index (χ2v) is 7.70. The number of likely N-dealkylation sites (tertiary alicyclic amines) is 1. The van der Waals surface area contributed by atoms with E-state index in [9.17, 15) is 13.6 Å². The molecular weight excluding hydrogens is 450 g/mol. The molecule has 3 rings (SSSR count). The largest absolute Gasteiger partial charge is 0.474 e. The highest BCUT2D eigenvalue weighted by Gasteiger charge is 2.25. The average Bonchev–Trinajstić information content (AvgIpc) is 2.66. The number of aromatic nitrogens is 2. The van der Waals surface area contributed by atoms with E-state index in [1.54, 1.807) is 4.90 Å². The summed E-state index contributed by atoms with van der Waals surface area (Å²) in [5.41, 5.74) is -0.0488. The first-order valence-electron chi connectivity index (χ1n) is 9.17. The number of nitrogens with one attached hydrogen (secondary N) is 1. The number of benzene rings is 1. The highest BCUT2D eigenvalue weighted by atomic mass is 79.9. The number of hydrogen-bond acceptors (Lipinski definition) is 6. The lowest BCUT2D eigenvalue weighted by atomic mass is 10.1. The van der Waals surface area contributed by atoms with Crippen LogP contribution in [0.25, 0.3) is 0 Å². The Balaban J connectivity index is 1.58. The smallest absolute Gasteiger partial charge is 0.410 e. The average molecular weight is 471 g/mol. The standard InChI is InChI=1S/C19H21BrF2N4O3/c1-11(2)28-19(27)26-5-3-12(4-6-26)29-18-9-17(23-10-24-18)25-16-8-14(21)13(20)7-15(16)22/h7-12H,3-6H2,1-2H3,(H,23,24,25). The number of carbonyl (C=O) groups excluding carboxylic acids is 1. The number of hydrogen-bond donors (Lipinski definition) is 1. The summed E-state index contributed by atoms with van der Waals surface area (Å²) >= 11 is 2.94. The SMILES string of the molecule is CC(C)OC(=O)N1CCC(Oc2cc(Nc3cc(F)c(Br)cc3F)ncn2)CC1. The van der Waals surface area contributed by atoms with Crippen molar-refractivity contribution in [3.8, 4) is 5.88 Å². The van der Waals surface area contributed by atoms with Crippen LogP contribution in [0.1, 0.15) is 26.7 Å². The van der Waals surface area contributed by atoms with Crippen LogP contribution in [0.4, 0.5) is 25.1 Å². The zero-order chi connectivity index (χ0) is 21.0. The summed E-state index contributed by atoms with van der Waals surface area (Å²) in [6.45, 7) is 4.66. The quantitative estimate of drug-likeness (QED) is 0.640. The molecule has 1 aliphatic heterocycles. The van der Waals surface area contributed by atoms with Gasteiger partial charge in [0, 0.05) is 38.1 Å². The maximum Gasteiger partial charge on any atom is 0.410 e. The van der Waals surface area contributed by atoms with Gasteiger partial charge in [0.25, 0.3) is 0 Å². The van der Waals surface area contributed by atoms with E-state index in [0.29, 0.717) is 31.8 Å². The van der Waals surface area contributed by atoms with E-state index in [4.69, 9.17) is 9.47 Å². The number of rotatable bonds is 5. The van der Waals surface area contributed by atoms with Gasteiger partial charge in [-0.3, -0.25) is 0 Å². The summed E-state index contributed by atoms with van der Waals surface area (Å²) in [4.78, 5) is 21.7. The minimum absolute atomic E-state index is 0.0379. The molecule has 2 heterocycles. The fraction of sp³-hybridized carbons (Fsp3) is 0.421. The van der Waals surface area contributed by atoms with Crippen molar-refractivity contribution < 1.29 is 23.0 Å². The van der Waals surface area contributed by atoms with E-state index in [2.05, 4.69) is 31.2 Å². The minimum atomic E-state index is -0.625. The monoisotopic (exact) mass is 470 g/mol. The van der Waals surface area contributed by atoms with Gasteiger partial charge in [-0.2, -0.15) is 0 Å². The molecule has 0 radical (unpaired) electrons. The predicted molar refractivity (Wildman–Crippen MR) is 106 cm³/mol. The van der Waals surface area contributed by atoms with Crippen molar-refractivity contribution in [3.63, 3.8) is 0 Å². The zero-order valence-corrected chi connectivity index (χ0v) is 17.6. The van der Waals surface area contributed by atoms with Crippen LogP contribution in [0, 0.1) is 11.6 Å². The van der Waals surface area contributed by atoms with E-state index in [1.165, 1.54) is 12.4 Å². The van der Waals surface area contributed by atoms with Crippen LogP contribution in [0.3, 0.4) is 0 Å². The fourth-order valence-electron chi connectivity index (χ4n) is 2.83. The Morgan fingerprint density at radius 2 is 1.93 bits per heavy atom. The first-order chi connectivity index (χ1) is 13.8. The number of anilines is 2. The molecule has 0 bridgehead atoms. The van der Waals surface area contributed by atoms with Crippen LogP contribution in [-0.2, 0) is 4.74 Å². The Morgan fingerprint density at radius 1 is 1.21 bits per heavy atom. The minimum Gasteiger partial charge on any atom is -0.474 e. The molecule has 0 spiro atoms. The molecule has 1 fully saturated rings. The van der Waals surface area contributed by atoms with Crippen LogP contribution in [0.5, 0.6) is 5.88 Å². The number of halogens is 3. The van der Waals surface area contributed by atoms with E-state index >= 15 is 0 Å². The van der Waals surface area contributed by atoms with Crippen molar-refractivity contribution in [1.29, 1.82) is 0 Å². The Hall–Kier alpha value is -2.49. The van der Waals surface area contributed by atoms with E-state index in [0.717, 1.165) is 12.1 Å². The third kappa shape index (κ3) is 5.75. The van der Waals surface area contributed by atoms with Crippen LogP contribution >= 0.6 is 15.9 Å². The Bertz CT molecular complexity index is 877. The molecule has 1 aliphatic rings. The molecular formula is C19H21BrF2N4O3. The van der Waals surface area contributed by atoms with Gasteiger partial charge in [-0.15, -0.1) is 0 Å². The topological polar surface area (TPSA) is 76.6 Å². The Morgan fingerprint density at radius 3 is 2.62 bits per heavy atom. The maximum absolute atomic E-state index is 14.0. The van der Waals surface area contributed by atoms with Crippen molar-refractivity contribution in [2.75, 3.05) is 18.4 Å². The number of piperidine rings is 1. The fourth-order valence-corrected chi connectivity index (χ4v) is 3.15. The van der Waals surface area contributed by atoms with Gasteiger partial charge < -0.3 is 19.7 Å². The summed E-state index contributed by atoms with van der Waals surface area (Å²) in [6, 6.07) is 3.58. The highest BCUT2D eigenvalue weighted by Crippen LogP contribution is 2.26. The highest BCUT2D eigenvalue weighted by molar-refractivity contribution is 9.10. The summed E-state index contributed by atoms with van der Waals surface area (Å²) in [7, 11) is 0. The van der Waals surface area contributed by atoms with Crippen molar-refractivity contribution in [2.45, 2.75) is 38.9 Å². The molecule has 7 nitrogen and oxygen atoms in total. The molecule has 1 saturated heterocycles. The predicted octanol–water partition coefficient (Wildman–Crippen LogP) is 4.65. The summed E-state index contributed by atoms with van der Waals surface area (Å²) in [5.74, 6) is -0.639. The van der Waals surface area contributed by atoms with Crippen molar-refractivity contribution in [3.05, 3.63) is 40.6 Å². The molecule has 0 aliphatic carbocycles. The third-order valence-electron chi connectivity index (χ3n) is 4.24. The second-order valence-electron chi connectivity index (χ2n) is 6.85. The van der Waals surface area contributed by atoms with Crippen molar-refractivity contribution in [1.82, 2.24) is 14.9 Å². The van der Waals surface area contributed by atoms with Gasteiger partial charge in [-0.05, 0) is 35.8 Å². The van der Waals surface area contributed by atoms with E-state index < -0.39 is 11.6 Å². The lowest BCUT2D eigenvalue weighted by Gasteiger charge is -2.31. The van der Waals surface area contributed by atoms with Crippen molar-refractivity contribution in [2.24, 2.45) is 0 Å². The van der Waals surface area contributed by atoms with E-state index in [1.807, 2.05) is 13.8 Å². The van der Waals surface area contributed by atoms with Crippen molar-refractivity contribution >= 4 is 33.5 Å². The summed E-state index contributed by atoms with van der Waals surface area (Å²) in [5, 5.41) is 2.72. The molecule has 2 aromatic rings. The lowest BCUT2D eigenvalue weighted by Crippen LogP contribution is -2.42. The van der Waals surface area contributed by atoms with Gasteiger partial charge >= 0.3 is 6.09 Å². The number of amides is 1. The van der Waals surface area contributed by atoms with Gasteiger partial charge in [0.15, 0.2) is 0 Å². The molecule has 1 N–H and O–H groups in total. The van der Waals surface area contributed by atoms with Gasteiger partial charge in [-0.1, -0.05) is 0 Å². The summed E-state index contributed by atoms with van der Waals surface area (Å²) < 4.78 is 38.8. The molecule has 0 saturated carbocycles. The molecule has 1 aromatic carbocycles. The number of nitrogens with zero attached hydrogens (tertiary/aromatic N) is 3. The molecule has 156 valence electrons. The van der Waals surface area contributed by atoms with Crippen LogP contribution < -0.4 is 10.1 Å². The van der Waals surface area contributed by atoms with Gasteiger partial charge in [-0.25, -0.2) is 23.5 Å². The molecule has 1 amide bonds. The first-order valence-corrected chi connectivity index (χ1v) is 9.97. The molecule has 1 aromatic heterocycles. The number of ether oxygens (including phenoxy) is 2. The Kier molecular flexibility index (Phi) is 6.83. The zero-order valence-electron chi connectivity index (χ0n) is 16.0. The molecule has 0 atom stereocenters. The number of carbonyl (C=O) groups is 1. The van der Waals surface area contributed by atoms with Gasteiger partial charge in [0.2, 0.25) is 5.88 Å². The van der Waals surface area contributed by atoms with Gasteiger partial charge in [0.1, 0.15) is 29.9 Å². The third-order valence-corrected chi connectivity index (χ3v) is 4.85. The Labute approximate surface area is 175 Å². The normalized spacial score (nSPS) is 14.8. The maximum atomic E-state index is 14.0.